The zero-order valence-electron chi connectivity index (χ0n) is 4.03. The van der Waals surface area contributed by atoms with Crippen LogP contribution in [0.15, 0.2) is 10.2 Å². The van der Waals surface area contributed by atoms with Crippen LogP contribution in [0.1, 0.15) is 0 Å². The van der Waals surface area contributed by atoms with Crippen molar-refractivity contribution < 1.29 is 9.90 Å². The van der Waals surface area contributed by atoms with E-state index in [1.165, 1.54) is 0 Å². The summed E-state index contributed by atoms with van der Waals surface area (Å²) in [6.07, 6.45) is -0.512. The molecule has 0 saturated carbocycles. The fourth-order valence-electron chi connectivity index (χ4n) is 0.405. The number of rotatable bonds is 1. The second-order valence-corrected chi connectivity index (χ2v) is 1.36. The minimum absolute atomic E-state index is 0.185. The summed E-state index contributed by atoms with van der Waals surface area (Å²) in [5.74, 6) is 0. The molecule has 1 heterocycles. The standard InChI is InChI=1S/C3H5N3O2/c7-1-2-4-3(8)6-5-2/h2,7H,1H2,(H,4,8). The molecule has 0 aromatic rings. The van der Waals surface area contributed by atoms with Crippen molar-refractivity contribution >= 4 is 6.03 Å². The molecule has 0 spiro atoms. The highest BCUT2D eigenvalue weighted by Gasteiger charge is 2.14. The number of amides is 2. The normalized spacial score (nSPS) is 26.1. The molecule has 1 aliphatic heterocycles. The maximum Gasteiger partial charge on any atom is 0.361 e. The smallest absolute Gasteiger partial charge is 0.361 e. The van der Waals surface area contributed by atoms with Crippen LogP contribution >= 0.6 is 0 Å². The summed E-state index contributed by atoms with van der Waals surface area (Å²) in [6, 6.07) is -0.482. The summed E-state index contributed by atoms with van der Waals surface area (Å²) >= 11 is 0. The van der Waals surface area contributed by atoms with E-state index < -0.39 is 12.2 Å². The molecule has 0 aromatic heterocycles. The zero-order chi connectivity index (χ0) is 5.98. The Labute approximate surface area is 45.4 Å². The van der Waals surface area contributed by atoms with E-state index in [1.807, 2.05) is 0 Å². The highest BCUT2D eigenvalue weighted by Crippen LogP contribution is 1.95. The average Bonchev–Trinajstić information content (AvgIpc) is 2.14. The van der Waals surface area contributed by atoms with Crippen LogP contribution in [0.5, 0.6) is 0 Å². The Hall–Kier alpha value is -0.970. The van der Waals surface area contributed by atoms with Gasteiger partial charge in [-0.15, -0.1) is 0 Å². The lowest BCUT2D eigenvalue weighted by Crippen LogP contribution is -2.28. The molecule has 0 aromatic carbocycles. The first kappa shape index (κ1) is 5.17. The Morgan fingerprint density at radius 1 is 1.88 bits per heavy atom. The number of carbonyl (C=O) groups is 1. The molecule has 5 heteroatoms. The van der Waals surface area contributed by atoms with Crippen molar-refractivity contribution in [1.29, 1.82) is 0 Å². The number of azo groups is 1. The minimum atomic E-state index is -0.512. The van der Waals surface area contributed by atoms with Crippen LogP contribution in [-0.4, -0.2) is 23.9 Å². The van der Waals surface area contributed by atoms with Crippen LogP contribution in [0.3, 0.4) is 0 Å². The van der Waals surface area contributed by atoms with Gasteiger partial charge < -0.3 is 10.4 Å². The first-order valence-corrected chi connectivity index (χ1v) is 2.15. The van der Waals surface area contributed by atoms with Gasteiger partial charge in [0.25, 0.3) is 0 Å². The van der Waals surface area contributed by atoms with Gasteiger partial charge in [0.1, 0.15) is 0 Å². The molecule has 8 heavy (non-hydrogen) atoms. The van der Waals surface area contributed by atoms with Gasteiger partial charge in [-0.05, 0) is 0 Å². The molecule has 1 unspecified atom stereocenters. The van der Waals surface area contributed by atoms with E-state index in [1.54, 1.807) is 0 Å². The first-order chi connectivity index (χ1) is 3.83. The fraction of sp³-hybridized carbons (Fsp3) is 0.667. The maximum atomic E-state index is 10.1. The molecule has 44 valence electrons. The molecular formula is C3H5N3O2. The molecular weight excluding hydrogens is 110 g/mol. The largest absolute Gasteiger partial charge is 0.392 e. The SMILES string of the molecule is O=C1N=NC(CO)N1. The summed E-state index contributed by atoms with van der Waals surface area (Å²) in [5, 5.41) is 17.0. The van der Waals surface area contributed by atoms with Crippen LogP contribution in [-0.2, 0) is 0 Å². The van der Waals surface area contributed by atoms with Crippen molar-refractivity contribution in [3.63, 3.8) is 0 Å². The van der Waals surface area contributed by atoms with E-state index in [4.69, 9.17) is 5.11 Å². The van der Waals surface area contributed by atoms with Gasteiger partial charge >= 0.3 is 6.03 Å². The molecule has 2 N–H and O–H groups in total. The Bertz CT molecular complexity index is 132. The Morgan fingerprint density at radius 3 is 2.88 bits per heavy atom. The van der Waals surface area contributed by atoms with Crippen molar-refractivity contribution in [3.8, 4) is 0 Å². The van der Waals surface area contributed by atoms with Crippen molar-refractivity contribution in [1.82, 2.24) is 5.32 Å². The average molecular weight is 115 g/mol. The van der Waals surface area contributed by atoms with Gasteiger partial charge in [-0.25, -0.2) is 4.79 Å². The molecule has 0 fully saturated rings. The number of hydrogen-bond acceptors (Lipinski definition) is 3. The molecule has 0 radical (unpaired) electrons. The predicted octanol–water partition coefficient (Wildman–Crippen LogP) is -0.520. The van der Waals surface area contributed by atoms with Gasteiger partial charge in [0, 0.05) is 0 Å². The van der Waals surface area contributed by atoms with Gasteiger partial charge in [0.05, 0.1) is 6.61 Å². The molecule has 0 saturated heterocycles. The molecule has 1 rings (SSSR count). The monoisotopic (exact) mass is 115 g/mol. The van der Waals surface area contributed by atoms with E-state index in [0.29, 0.717) is 0 Å². The summed E-state index contributed by atoms with van der Waals surface area (Å²) in [7, 11) is 0. The number of nitrogens with zero attached hydrogens (tertiary/aromatic N) is 2. The lowest BCUT2D eigenvalue weighted by atomic mass is 10.6. The van der Waals surface area contributed by atoms with E-state index in [9.17, 15) is 4.79 Å². The molecule has 0 aliphatic carbocycles. The third-order valence-corrected chi connectivity index (χ3v) is 0.751. The van der Waals surface area contributed by atoms with E-state index in [-0.39, 0.29) is 6.61 Å². The van der Waals surface area contributed by atoms with Crippen molar-refractivity contribution in [3.05, 3.63) is 0 Å². The highest BCUT2D eigenvalue weighted by molar-refractivity contribution is 5.75. The summed E-state index contributed by atoms with van der Waals surface area (Å²) < 4.78 is 0. The number of urea groups is 1. The summed E-state index contributed by atoms with van der Waals surface area (Å²) in [4.78, 5) is 10.1. The van der Waals surface area contributed by atoms with Crippen LogP contribution in [0.2, 0.25) is 0 Å². The number of carbonyl (C=O) groups excluding carboxylic acids is 1. The highest BCUT2D eigenvalue weighted by atomic mass is 16.3. The number of aliphatic hydroxyl groups is 1. The minimum Gasteiger partial charge on any atom is -0.392 e. The molecule has 2 amide bonds. The topological polar surface area (TPSA) is 74.0 Å². The zero-order valence-corrected chi connectivity index (χ0v) is 4.03. The molecule has 5 nitrogen and oxygen atoms in total. The number of hydrogen-bond donors (Lipinski definition) is 2. The third-order valence-electron chi connectivity index (χ3n) is 0.751. The molecule has 1 aliphatic rings. The third kappa shape index (κ3) is 0.812. The van der Waals surface area contributed by atoms with E-state index in [2.05, 4.69) is 15.5 Å². The van der Waals surface area contributed by atoms with Crippen molar-refractivity contribution in [2.75, 3.05) is 6.61 Å². The Balaban J connectivity index is 2.46. The van der Waals surface area contributed by atoms with Crippen molar-refractivity contribution in [2.24, 2.45) is 10.2 Å². The lowest BCUT2D eigenvalue weighted by molar-refractivity contribution is 0.235. The summed E-state index contributed by atoms with van der Waals surface area (Å²) in [6.45, 7) is -0.185. The second-order valence-electron chi connectivity index (χ2n) is 1.36. The van der Waals surface area contributed by atoms with Crippen LogP contribution in [0.25, 0.3) is 0 Å². The first-order valence-electron chi connectivity index (χ1n) is 2.15. The number of aliphatic hydroxyl groups excluding tert-OH is 1. The van der Waals surface area contributed by atoms with Crippen molar-refractivity contribution in [2.45, 2.75) is 6.17 Å². The lowest BCUT2D eigenvalue weighted by Gasteiger charge is -1.96. The van der Waals surface area contributed by atoms with Gasteiger partial charge in [-0.2, -0.15) is 5.11 Å². The van der Waals surface area contributed by atoms with Crippen LogP contribution in [0.4, 0.5) is 4.79 Å². The fourth-order valence-corrected chi connectivity index (χ4v) is 0.405. The Morgan fingerprint density at radius 2 is 2.62 bits per heavy atom. The van der Waals surface area contributed by atoms with Crippen LogP contribution < -0.4 is 5.32 Å². The predicted molar refractivity (Wildman–Crippen MR) is 24.3 cm³/mol. The molecule has 1 atom stereocenters. The summed E-state index contributed by atoms with van der Waals surface area (Å²) in [5.41, 5.74) is 0. The van der Waals surface area contributed by atoms with Gasteiger partial charge in [0.15, 0.2) is 6.17 Å². The van der Waals surface area contributed by atoms with Gasteiger partial charge in [-0.1, -0.05) is 5.11 Å². The van der Waals surface area contributed by atoms with E-state index in [0.717, 1.165) is 0 Å². The van der Waals surface area contributed by atoms with Gasteiger partial charge in [-0.3, -0.25) is 0 Å². The van der Waals surface area contributed by atoms with E-state index >= 15 is 0 Å². The second kappa shape index (κ2) is 1.87. The van der Waals surface area contributed by atoms with Gasteiger partial charge in [0.2, 0.25) is 0 Å². The van der Waals surface area contributed by atoms with Crippen LogP contribution in [0, 0.1) is 0 Å². The molecule has 0 bridgehead atoms. The number of nitrogens with one attached hydrogen (secondary N) is 1. The Kier molecular flexibility index (Phi) is 1.21. The maximum absolute atomic E-state index is 10.1. The quantitative estimate of drug-likeness (QED) is 0.482.